The van der Waals surface area contributed by atoms with Crippen LogP contribution in [0.25, 0.3) is 0 Å². The van der Waals surface area contributed by atoms with Gasteiger partial charge in [0.2, 0.25) is 0 Å². The van der Waals surface area contributed by atoms with Gasteiger partial charge < -0.3 is 9.64 Å². The third-order valence-electron chi connectivity index (χ3n) is 4.76. The molecule has 2 aromatic rings. The quantitative estimate of drug-likeness (QED) is 0.913. The Kier molecular flexibility index (Phi) is 4.26. The normalized spacial score (nSPS) is 24.1. The number of hydrogen-bond acceptors (Lipinski definition) is 5. The van der Waals surface area contributed by atoms with Gasteiger partial charge in [0.1, 0.15) is 5.02 Å². The maximum atomic E-state index is 11.7. The maximum Gasteiger partial charge on any atom is 0.285 e. The average Bonchev–Trinajstić information content (AvgIpc) is 3.03. The lowest BCUT2D eigenvalue weighted by Crippen LogP contribution is -2.50. The third kappa shape index (κ3) is 2.92. The van der Waals surface area contributed by atoms with Crippen LogP contribution < -0.4 is 10.5 Å². The van der Waals surface area contributed by atoms with E-state index in [9.17, 15) is 4.79 Å². The van der Waals surface area contributed by atoms with Crippen molar-refractivity contribution in [1.29, 1.82) is 0 Å². The van der Waals surface area contributed by atoms with Crippen LogP contribution in [0.4, 0.5) is 5.69 Å². The lowest BCUT2D eigenvalue weighted by atomic mass is 10.1. The number of fused-ring (bicyclic) bond motifs is 1. The fourth-order valence-electron chi connectivity index (χ4n) is 3.56. The zero-order valence-corrected chi connectivity index (χ0v) is 13.9. The van der Waals surface area contributed by atoms with Crippen LogP contribution in [-0.4, -0.2) is 53.5 Å². The van der Waals surface area contributed by atoms with E-state index in [2.05, 4.69) is 44.3 Å². The summed E-state index contributed by atoms with van der Waals surface area (Å²) in [4.78, 5) is 16.3. The summed E-state index contributed by atoms with van der Waals surface area (Å²) in [5.74, 6) is 0. The molecule has 0 radical (unpaired) electrons. The summed E-state index contributed by atoms with van der Waals surface area (Å²) >= 11 is 6.16. The minimum absolute atomic E-state index is 0.123. The molecule has 1 aromatic carbocycles. The Morgan fingerprint density at radius 3 is 2.96 bits per heavy atom. The van der Waals surface area contributed by atoms with Crippen LogP contribution in [0.3, 0.4) is 0 Å². The smallest absolute Gasteiger partial charge is 0.285 e. The van der Waals surface area contributed by atoms with Gasteiger partial charge in [0.05, 0.1) is 30.6 Å². The Balaban J connectivity index is 1.54. The van der Waals surface area contributed by atoms with E-state index >= 15 is 0 Å². The average molecular weight is 347 g/mol. The molecule has 0 unspecified atom stereocenters. The van der Waals surface area contributed by atoms with Gasteiger partial charge in [-0.25, -0.2) is 5.10 Å². The second kappa shape index (κ2) is 6.55. The molecular formula is C17H19ClN4O2. The van der Waals surface area contributed by atoms with Gasteiger partial charge in [0, 0.05) is 26.2 Å². The number of hydrogen-bond donors (Lipinski definition) is 1. The number of aromatic amines is 1. The molecule has 0 spiro atoms. The zero-order chi connectivity index (χ0) is 16.5. The van der Waals surface area contributed by atoms with Crippen molar-refractivity contribution in [3.8, 4) is 0 Å². The highest BCUT2D eigenvalue weighted by atomic mass is 35.5. The summed E-state index contributed by atoms with van der Waals surface area (Å²) in [7, 11) is 0. The molecule has 3 heterocycles. The number of aromatic nitrogens is 2. The lowest BCUT2D eigenvalue weighted by Gasteiger charge is -2.36. The molecule has 2 aliphatic rings. The molecule has 0 bridgehead atoms. The van der Waals surface area contributed by atoms with Gasteiger partial charge in [-0.15, -0.1) is 0 Å². The molecule has 2 atom stereocenters. The van der Waals surface area contributed by atoms with Crippen LogP contribution in [-0.2, 0) is 11.3 Å². The second-order valence-corrected chi connectivity index (χ2v) is 6.61. The summed E-state index contributed by atoms with van der Waals surface area (Å²) in [6, 6.07) is 10.7. The highest BCUT2D eigenvalue weighted by Gasteiger charge is 2.40. The van der Waals surface area contributed by atoms with E-state index in [1.54, 1.807) is 6.20 Å². The van der Waals surface area contributed by atoms with Crippen molar-refractivity contribution < 1.29 is 4.74 Å². The minimum atomic E-state index is -0.355. The van der Waals surface area contributed by atoms with Crippen molar-refractivity contribution in [2.75, 3.05) is 31.1 Å². The van der Waals surface area contributed by atoms with Gasteiger partial charge in [-0.05, 0) is 5.56 Å². The van der Waals surface area contributed by atoms with E-state index in [-0.39, 0.29) is 22.7 Å². The highest BCUT2D eigenvalue weighted by molar-refractivity contribution is 6.33. The molecule has 0 amide bonds. The van der Waals surface area contributed by atoms with E-state index in [1.165, 1.54) is 5.56 Å². The fourth-order valence-corrected chi connectivity index (χ4v) is 3.77. The van der Waals surface area contributed by atoms with Crippen LogP contribution in [0, 0.1) is 0 Å². The molecule has 6 nitrogen and oxygen atoms in total. The number of halogens is 1. The first-order valence-electron chi connectivity index (χ1n) is 8.10. The summed E-state index contributed by atoms with van der Waals surface area (Å²) < 4.78 is 5.96. The Hall–Kier alpha value is -1.89. The SMILES string of the molecule is O=c1[nH]ncc(N2C[C@@H]3[C@@H](C2)OCCN3Cc2ccccc2)c1Cl. The number of benzene rings is 1. The second-order valence-electron chi connectivity index (χ2n) is 6.24. The number of nitrogens with one attached hydrogen (secondary N) is 1. The van der Waals surface area contributed by atoms with Crippen molar-refractivity contribution in [2.24, 2.45) is 0 Å². The number of rotatable bonds is 3. The molecule has 1 N–H and O–H groups in total. The van der Waals surface area contributed by atoms with Gasteiger partial charge in [-0.3, -0.25) is 9.69 Å². The Bertz CT molecular complexity index is 767. The minimum Gasteiger partial charge on any atom is -0.373 e. The zero-order valence-electron chi connectivity index (χ0n) is 13.2. The van der Waals surface area contributed by atoms with Crippen molar-refractivity contribution in [3.63, 3.8) is 0 Å². The first-order chi connectivity index (χ1) is 11.7. The topological polar surface area (TPSA) is 61.5 Å². The van der Waals surface area contributed by atoms with Gasteiger partial charge in [-0.2, -0.15) is 5.10 Å². The molecule has 2 saturated heterocycles. The number of nitrogens with zero attached hydrogens (tertiary/aromatic N) is 3. The number of H-pyrrole nitrogens is 1. The van der Waals surface area contributed by atoms with Crippen LogP contribution in [0.2, 0.25) is 5.02 Å². The van der Waals surface area contributed by atoms with Gasteiger partial charge in [0.15, 0.2) is 0 Å². The molecular weight excluding hydrogens is 328 g/mol. The van der Waals surface area contributed by atoms with Gasteiger partial charge >= 0.3 is 0 Å². The lowest BCUT2D eigenvalue weighted by molar-refractivity contribution is -0.0499. The monoisotopic (exact) mass is 346 g/mol. The predicted octanol–water partition coefficient (Wildman–Crippen LogP) is 1.51. The van der Waals surface area contributed by atoms with Gasteiger partial charge in [-0.1, -0.05) is 41.9 Å². The molecule has 4 rings (SSSR count). The standard InChI is InChI=1S/C17H19ClN4O2/c18-16-13(8-19-20-17(16)23)22-10-14-15(11-22)24-7-6-21(14)9-12-4-2-1-3-5-12/h1-5,8,14-15H,6-7,9-11H2,(H,20,23)/t14-,15-/m1/s1. The Morgan fingerprint density at radius 2 is 2.12 bits per heavy atom. The summed E-state index contributed by atoms with van der Waals surface area (Å²) in [5.41, 5.74) is 1.62. The van der Waals surface area contributed by atoms with E-state index in [0.29, 0.717) is 5.69 Å². The highest BCUT2D eigenvalue weighted by Crippen LogP contribution is 2.30. The summed E-state index contributed by atoms with van der Waals surface area (Å²) in [6.45, 7) is 4.04. The largest absolute Gasteiger partial charge is 0.373 e. The number of anilines is 1. The fraction of sp³-hybridized carbons (Fsp3) is 0.412. The first kappa shape index (κ1) is 15.6. The van der Waals surface area contributed by atoms with Crippen molar-refractivity contribution in [1.82, 2.24) is 15.1 Å². The molecule has 1 aromatic heterocycles. The van der Waals surface area contributed by atoms with Crippen LogP contribution in [0.1, 0.15) is 5.56 Å². The summed E-state index contributed by atoms with van der Waals surface area (Å²) in [6.07, 6.45) is 1.74. The Morgan fingerprint density at radius 1 is 1.29 bits per heavy atom. The third-order valence-corrected chi connectivity index (χ3v) is 5.13. The molecule has 2 aliphatic heterocycles. The predicted molar refractivity (Wildman–Crippen MR) is 92.5 cm³/mol. The molecule has 2 fully saturated rings. The molecule has 0 aliphatic carbocycles. The van der Waals surface area contributed by atoms with Gasteiger partial charge in [0.25, 0.3) is 5.56 Å². The van der Waals surface area contributed by atoms with E-state index in [1.807, 2.05) is 6.07 Å². The summed E-state index contributed by atoms with van der Waals surface area (Å²) in [5, 5.41) is 6.43. The van der Waals surface area contributed by atoms with E-state index in [4.69, 9.17) is 16.3 Å². The molecule has 126 valence electrons. The molecule has 0 saturated carbocycles. The van der Waals surface area contributed by atoms with Crippen LogP contribution >= 0.6 is 11.6 Å². The molecule has 24 heavy (non-hydrogen) atoms. The first-order valence-corrected chi connectivity index (χ1v) is 8.48. The van der Waals surface area contributed by atoms with E-state index in [0.717, 1.165) is 32.8 Å². The Labute approximate surface area is 145 Å². The van der Waals surface area contributed by atoms with Crippen molar-refractivity contribution >= 4 is 17.3 Å². The van der Waals surface area contributed by atoms with Crippen molar-refractivity contribution in [2.45, 2.75) is 18.7 Å². The van der Waals surface area contributed by atoms with Crippen LogP contribution in [0.5, 0.6) is 0 Å². The number of morpholine rings is 1. The maximum absolute atomic E-state index is 11.7. The van der Waals surface area contributed by atoms with Crippen molar-refractivity contribution in [3.05, 3.63) is 57.5 Å². The van der Waals surface area contributed by atoms with E-state index < -0.39 is 0 Å². The molecule has 7 heteroatoms. The number of ether oxygens (including phenoxy) is 1. The van der Waals surface area contributed by atoms with Crippen LogP contribution in [0.15, 0.2) is 41.3 Å².